The first kappa shape index (κ1) is 17.8. The Bertz CT molecular complexity index is 699. The molecule has 0 aliphatic heterocycles. The molecule has 0 saturated heterocycles. The number of nitrogens with zero attached hydrogens (tertiary/aromatic N) is 3. The van der Waals surface area contributed by atoms with E-state index in [1.165, 1.54) is 11.8 Å². The molecule has 7 heteroatoms. The zero-order valence-electron chi connectivity index (χ0n) is 13.8. The number of benzene rings is 1. The molecule has 0 saturated carbocycles. The van der Waals surface area contributed by atoms with Gasteiger partial charge >= 0.3 is 0 Å². The highest BCUT2D eigenvalue weighted by molar-refractivity contribution is 7.99. The van der Waals surface area contributed by atoms with Gasteiger partial charge in [0.25, 0.3) is 0 Å². The van der Waals surface area contributed by atoms with Crippen LogP contribution in [0.15, 0.2) is 23.4 Å². The third kappa shape index (κ3) is 4.72. The van der Waals surface area contributed by atoms with Crippen molar-refractivity contribution in [2.24, 2.45) is 13.0 Å². The number of nitrogens with one attached hydrogen (secondary N) is 1. The lowest BCUT2D eigenvalue weighted by Crippen LogP contribution is -2.15. The van der Waals surface area contributed by atoms with Crippen LogP contribution < -0.4 is 5.32 Å². The van der Waals surface area contributed by atoms with Crippen LogP contribution in [0.2, 0.25) is 5.02 Å². The topological polar surface area (TPSA) is 59.8 Å². The fraction of sp³-hybridized carbons (Fsp3) is 0.438. The van der Waals surface area contributed by atoms with E-state index in [1.807, 2.05) is 30.7 Å². The highest BCUT2D eigenvalue weighted by Gasteiger charge is 2.13. The third-order valence-corrected chi connectivity index (χ3v) is 4.82. The Morgan fingerprint density at radius 3 is 2.83 bits per heavy atom. The van der Waals surface area contributed by atoms with E-state index in [9.17, 15) is 4.79 Å². The number of carbonyl (C=O) groups excluding carboxylic acids is 1. The second kappa shape index (κ2) is 7.84. The van der Waals surface area contributed by atoms with Crippen molar-refractivity contribution in [2.45, 2.75) is 32.3 Å². The summed E-state index contributed by atoms with van der Waals surface area (Å²) in [5, 5.41) is 12.6. The Morgan fingerprint density at radius 2 is 2.13 bits per heavy atom. The van der Waals surface area contributed by atoms with Crippen LogP contribution in [0.5, 0.6) is 0 Å². The molecule has 0 radical (unpaired) electrons. The Morgan fingerprint density at radius 1 is 1.39 bits per heavy atom. The van der Waals surface area contributed by atoms with Crippen molar-refractivity contribution < 1.29 is 4.79 Å². The van der Waals surface area contributed by atoms with Crippen LogP contribution >= 0.6 is 23.4 Å². The zero-order chi connectivity index (χ0) is 17.0. The third-order valence-electron chi connectivity index (χ3n) is 3.39. The molecule has 0 fully saturated rings. The number of aromatic nitrogens is 3. The van der Waals surface area contributed by atoms with Gasteiger partial charge in [-0.2, -0.15) is 0 Å². The van der Waals surface area contributed by atoms with Crippen molar-refractivity contribution in [3.8, 4) is 0 Å². The summed E-state index contributed by atoms with van der Waals surface area (Å²) >= 11 is 7.43. The van der Waals surface area contributed by atoms with E-state index >= 15 is 0 Å². The van der Waals surface area contributed by atoms with E-state index in [0.717, 1.165) is 28.7 Å². The maximum Gasteiger partial charge on any atom is 0.234 e. The summed E-state index contributed by atoms with van der Waals surface area (Å²) in [7, 11) is 1.93. The summed E-state index contributed by atoms with van der Waals surface area (Å²) < 4.78 is 1.95. The molecule has 0 spiro atoms. The summed E-state index contributed by atoms with van der Waals surface area (Å²) in [4.78, 5) is 12.1. The first-order chi connectivity index (χ1) is 10.9. The van der Waals surface area contributed by atoms with Gasteiger partial charge in [0.1, 0.15) is 5.82 Å². The molecule has 0 bridgehead atoms. The molecule has 23 heavy (non-hydrogen) atoms. The molecule has 0 atom stereocenters. The second-order valence-electron chi connectivity index (χ2n) is 5.81. The van der Waals surface area contributed by atoms with E-state index in [2.05, 4.69) is 29.4 Å². The molecule has 0 unspecified atom stereocenters. The molecule has 1 aromatic carbocycles. The second-order valence-corrected chi connectivity index (χ2v) is 7.15. The lowest BCUT2D eigenvalue weighted by Gasteiger charge is -2.09. The van der Waals surface area contributed by atoms with Crippen LogP contribution in [0.1, 0.15) is 25.2 Å². The maximum atomic E-state index is 12.1. The Balaban J connectivity index is 1.94. The van der Waals surface area contributed by atoms with Crippen molar-refractivity contribution in [2.75, 3.05) is 11.1 Å². The van der Waals surface area contributed by atoms with Gasteiger partial charge in [0, 0.05) is 24.2 Å². The molecule has 0 aliphatic rings. The molecule has 1 N–H and O–H groups in total. The van der Waals surface area contributed by atoms with E-state index in [4.69, 9.17) is 11.6 Å². The number of carbonyl (C=O) groups is 1. The molecule has 1 aromatic heterocycles. The summed E-state index contributed by atoms with van der Waals surface area (Å²) in [5.74, 6) is 1.65. The molecule has 2 aromatic rings. The fourth-order valence-electron chi connectivity index (χ4n) is 2.07. The van der Waals surface area contributed by atoms with Crippen LogP contribution in [-0.4, -0.2) is 26.4 Å². The van der Waals surface area contributed by atoms with Crippen molar-refractivity contribution in [1.29, 1.82) is 0 Å². The van der Waals surface area contributed by atoms with Crippen LogP contribution in [0.4, 0.5) is 5.69 Å². The Hall–Kier alpha value is -1.53. The van der Waals surface area contributed by atoms with Crippen molar-refractivity contribution in [3.63, 3.8) is 0 Å². The van der Waals surface area contributed by atoms with Crippen LogP contribution in [0.25, 0.3) is 0 Å². The minimum atomic E-state index is -0.0891. The maximum absolute atomic E-state index is 12.1. The zero-order valence-corrected chi connectivity index (χ0v) is 15.3. The summed E-state index contributed by atoms with van der Waals surface area (Å²) in [5.41, 5.74) is 1.60. The Kier molecular flexibility index (Phi) is 6.07. The van der Waals surface area contributed by atoms with Gasteiger partial charge in [0.05, 0.1) is 5.75 Å². The molecule has 5 nitrogen and oxygen atoms in total. The molecule has 1 heterocycles. The molecule has 2 rings (SSSR count). The quantitative estimate of drug-likeness (QED) is 0.805. The number of halogens is 1. The van der Waals surface area contributed by atoms with Crippen LogP contribution in [0.3, 0.4) is 0 Å². The van der Waals surface area contributed by atoms with E-state index in [0.29, 0.717) is 10.9 Å². The predicted octanol–water partition coefficient (Wildman–Crippen LogP) is 3.71. The van der Waals surface area contributed by atoms with Gasteiger partial charge in [-0.1, -0.05) is 43.3 Å². The van der Waals surface area contributed by atoms with Gasteiger partial charge in [-0.05, 0) is 30.5 Å². The number of hydrogen-bond acceptors (Lipinski definition) is 4. The number of anilines is 1. The first-order valence-electron chi connectivity index (χ1n) is 7.44. The van der Waals surface area contributed by atoms with Crippen LogP contribution in [-0.2, 0) is 18.3 Å². The van der Waals surface area contributed by atoms with Gasteiger partial charge in [0.15, 0.2) is 5.16 Å². The summed E-state index contributed by atoms with van der Waals surface area (Å²) in [6, 6.07) is 5.46. The molecular weight excluding hydrogens is 332 g/mol. The number of thioether (sulfide) groups is 1. The number of amides is 1. The standard InChI is InChI=1S/C16H21ClN4OS/c1-10(2)8-14-19-20-16(21(14)4)23-9-15(22)18-13-7-5-6-12(17)11(13)3/h5-7,10H,8-9H2,1-4H3,(H,18,22). The lowest BCUT2D eigenvalue weighted by atomic mass is 10.1. The normalized spacial score (nSPS) is 11.0. The molecule has 0 aliphatic carbocycles. The highest BCUT2D eigenvalue weighted by Crippen LogP contribution is 2.23. The molecule has 1 amide bonds. The number of rotatable bonds is 6. The first-order valence-corrected chi connectivity index (χ1v) is 8.81. The van der Waals surface area contributed by atoms with E-state index in [1.54, 1.807) is 6.07 Å². The largest absolute Gasteiger partial charge is 0.325 e. The van der Waals surface area contributed by atoms with E-state index in [-0.39, 0.29) is 11.7 Å². The summed E-state index contributed by atoms with van der Waals surface area (Å²) in [6.45, 7) is 6.16. The average Bonchev–Trinajstić information content (AvgIpc) is 2.82. The van der Waals surface area contributed by atoms with Gasteiger partial charge in [-0.3, -0.25) is 4.79 Å². The highest BCUT2D eigenvalue weighted by atomic mass is 35.5. The fourth-order valence-corrected chi connectivity index (χ4v) is 2.98. The Labute approximate surface area is 145 Å². The lowest BCUT2D eigenvalue weighted by molar-refractivity contribution is -0.113. The minimum absolute atomic E-state index is 0.0891. The summed E-state index contributed by atoms with van der Waals surface area (Å²) in [6.07, 6.45) is 0.873. The van der Waals surface area contributed by atoms with Gasteiger partial charge < -0.3 is 9.88 Å². The van der Waals surface area contributed by atoms with Crippen molar-refractivity contribution in [3.05, 3.63) is 34.6 Å². The predicted molar refractivity (Wildman–Crippen MR) is 95.1 cm³/mol. The van der Waals surface area contributed by atoms with Crippen LogP contribution in [0, 0.1) is 12.8 Å². The smallest absolute Gasteiger partial charge is 0.234 e. The number of hydrogen-bond donors (Lipinski definition) is 1. The molecular formula is C16H21ClN4OS. The van der Waals surface area contributed by atoms with Crippen molar-refractivity contribution in [1.82, 2.24) is 14.8 Å². The van der Waals surface area contributed by atoms with Gasteiger partial charge in [-0.25, -0.2) is 0 Å². The van der Waals surface area contributed by atoms with Gasteiger partial charge in [-0.15, -0.1) is 10.2 Å². The molecule has 124 valence electrons. The SMILES string of the molecule is Cc1c(Cl)cccc1NC(=O)CSc1nnc(CC(C)C)n1C. The monoisotopic (exact) mass is 352 g/mol. The van der Waals surface area contributed by atoms with Crippen molar-refractivity contribution >= 4 is 35.0 Å². The van der Waals surface area contributed by atoms with E-state index < -0.39 is 0 Å². The minimum Gasteiger partial charge on any atom is -0.325 e. The van der Waals surface area contributed by atoms with Gasteiger partial charge in [0.2, 0.25) is 5.91 Å². The average molecular weight is 353 g/mol.